The number of hydrogen-bond donors (Lipinski definition) is 1. The summed E-state index contributed by atoms with van der Waals surface area (Å²) in [5.41, 5.74) is -0.269. The van der Waals surface area contributed by atoms with E-state index in [0.29, 0.717) is 6.61 Å². The first kappa shape index (κ1) is 9.21. The second-order valence-electron chi connectivity index (χ2n) is 3.16. The molecule has 14 heavy (non-hydrogen) atoms. The summed E-state index contributed by atoms with van der Waals surface area (Å²) < 4.78 is 10.7. The summed E-state index contributed by atoms with van der Waals surface area (Å²) in [5.74, 6) is 0.222. The molecule has 0 bridgehead atoms. The number of rotatable bonds is 2. The Morgan fingerprint density at radius 3 is 3.21 bits per heavy atom. The molecule has 1 aromatic rings. The molecule has 1 aromatic heterocycles. The largest absolute Gasteiger partial charge is 0.458 e. The van der Waals surface area contributed by atoms with Crippen molar-refractivity contribution in [3.63, 3.8) is 0 Å². The molecule has 1 unspecified atom stereocenters. The first-order chi connectivity index (χ1) is 6.86. The molecule has 1 atom stereocenters. The van der Waals surface area contributed by atoms with E-state index in [0.717, 1.165) is 19.3 Å². The van der Waals surface area contributed by atoms with Crippen LogP contribution in [0.5, 0.6) is 5.75 Å². The monoisotopic (exact) mass is 196 g/mol. The van der Waals surface area contributed by atoms with Crippen molar-refractivity contribution in [2.45, 2.75) is 25.6 Å². The molecule has 2 rings (SSSR count). The summed E-state index contributed by atoms with van der Waals surface area (Å²) in [6.07, 6.45) is 5.39. The zero-order valence-corrected chi connectivity index (χ0v) is 7.73. The molecule has 1 aliphatic heterocycles. The Labute approximate surface area is 81.1 Å². The molecule has 1 saturated heterocycles. The minimum Gasteiger partial charge on any atom is -0.458 e. The first-order valence-electron chi connectivity index (χ1n) is 4.67. The predicted molar refractivity (Wildman–Crippen MR) is 49.1 cm³/mol. The van der Waals surface area contributed by atoms with Crippen molar-refractivity contribution in [2.75, 3.05) is 6.61 Å². The van der Waals surface area contributed by atoms with Gasteiger partial charge in [-0.1, -0.05) is 0 Å². The maximum absolute atomic E-state index is 11.2. The van der Waals surface area contributed by atoms with E-state index in [2.05, 4.69) is 9.97 Å². The van der Waals surface area contributed by atoms with E-state index < -0.39 is 0 Å². The second-order valence-corrected chi connectivity index (χ2v) is 3.16. The number of ether oxygens (including phenoxy) is 2. The van der Waals surface area contributed by atoms with E-state index in [9.17, 15) is 4.79 Å². The van der Waals surface area contributed by atoms with Crippen LogP contribution in [-0.2, 0) is 4.74 Å². The normalized spacial score (nSPS) is 21.9. The van der Waals surface area contributed by atoms with E-state index in [1.165, 1.54) is 12.5 Å². The van der Waals surface area contributed by atoms with E-state index in [-0.39, 0.29) is 17.6 Å². The van der Waals surface area contributed by atoms with E-state index in [4.69, 9.17) is 9.47 Å². The minimum atomic E-state index is -0.297. The molecule has 0 radical (unpaired) electrons. The lowest BCUT2D eigenvalue weighted by molar-refractivity contribution is -0.106. The number of nitrogens with zero attached hydrogens (tertiary/aromatic N) is 1. The van der Waals surface area contributed by atoms with Crippen LogP contribution in [0.1, 0.15) is 19.3 Å². The summed E-state index contributed by atoms with van der Waals surface area (Å²) in [6.45, 7) is 0.697. The molecule has 5 nitrogen and oxygen atoms in total. The van der Waals surface area contributed by atoms with Crippen LogP contribution < -0.4 is 10.3 Å². The zero-order chi connectivity index (χ0) is 9.80. The Morgan fingerprint density at radius 2 is 2.50 bits per heavy atom. The number of hydrogen-bond acceptors (Lipinski definition) is 4. The number of aromatic nitrogens is 2. The zero-order valence-electron chi connectivity index (χ0n) is 7.73. The van der Waals surface area contributed by atoms with Gasteiger partial charge in [0.05, 0.1) is 19.1 Å². The van der Waals surface area contributed by atoms with Crippen molar-refractivity contribution in [1.82, 2.24) is 9.97 Å². The highest BCUT2D eigenvalue weighted by atomic mass is 16.7. The minimum absolute atomic E-state index is 0.222. The third kappa shape index (κ3) is 2.11. The van der Waals surface area contributed by atoms with Gasteiger partial charge < -0.3 is 14.5 Å². The average molecular weight is 196 g/mol. The Hall–Kier alpha value is -1.36. The molecular weight excluding hydrogens is 184 g/mol. The van der Waals surface area contributed by atoms with Crippen LogP contribution in [0, 0.1) is 0 Å². The van der Waals surface area contributed by atoms with Gasteiger partial charge in [-0.2, -0.15) is 0 Å². The fourth-order valence-corrected chi connectivity index (χ4v) is 1.36. The van der Waals surface area contributed by atoms with Crippen LogP contribution >= 0.6 is 0 Å². The van der Waals surface area contributed by atoms with Gasteiger partial charge in [-0.15, -0.1) is 0 Å². The van der Waals surface area contributed by atoms with Crippen LogP contribution in [0.15, 0.2) is 17.3 Å². The van der Waals surface area contributed by atoms with Gasteiger partial charge in [0, 0.05) is 6.42 Å². The Bertz CT molecular complexity index is 344. The third-order valence-electron chi connectivity index (χ3n) is 2.08. The van der Waals surface area contributed by atoms with Crippen LogP contribution in [0.3, 0.4) is 0 Å². The van der Waals surface area contributed by atoms with Crippen LogP contribution in [0.25, 0.3) is 0 Å². The Balaban J connectivity index is 2.03. The van der Waals surface area contributed by atoms with Gasteiger partial charge in [0.2, 0.25) is 5.75 Å². The molecule has 5 heteroatoms. The van der Waals surface area contributed by atoms with Crippen molar-refractivity contribution in [3.05, 3.63) is 22.9 Å². The van der Waals surface area contributed by atoms with Gasteiger partial charge in [0.15, 0.2) is 6.29 Å². The standard InChI is InChI=1S/C9H12N2O3/c12-9-7(5-10-6-11-9)14-8-3-1-2-4-13-8/h5-6,8H,1-4H2,(H,10,11,12). The van der Waals surface area contributed by atoms with Gasteiger partial charge in [0.25, 0.3) is 5.56 Å². The van der Waals surface area contributed by atoms with Crippen molar-refractivity contribution < 1.29 is 9.47 Å². The fourth-order valence-electron chi connectivity index (χ4n) is 1.36. The van der Waals surface area contributed by atoms with Gasteiger partial charge in [-0.05, 0) is 12.8 Å². The Kier molecular flexibility index (Phi) is 2.78. The molecule has 0 spiro atoms. The fraction of sp³-hybridized carbons (Fsp3) is 0.556. The van der Waals surface area contributed by atoms with Crippen LogP contribution in [0.2, 0.25) is 0 Å². The molecular formula is C9H12N2O3. The number of H-pyrrole nitrogens is 1. The van der Waals surface area contributed by atoms with Crippen molar-refractivity contribution in [2.24, 2.45) is 0 Å². The SMILES string of the molecule is O=c1[nH]cncc1OC1CCCCO1. The van der Waals surface area contributed by atoms with Gasteiger partial charge >= 0.3 is 0 Å². The van der Waals surface area contributed by atoms with E-state index >= 15 is 0 Å². The maximum Gasteiger partial charge on any atom is 0.293 e. The highest BCUT2D eigenvalue weighted by Gasteiger charge is 2.16. The van der Waals surface area contributed by atoms with Gasteiger partial charge in [-0.25, -0.2) is 4.98 Å². The lowest BCUT2D eigenvalue weighted by Gasteiger charge is -2.22. The third-order valence-corrected chi connectivity index (χ3v) is 2.08. The summed E-state index contributed by atoms with van der Waals surface area (Å²) in [7, 11) is 0. The van der Waals surface area contributed by atoms with E-state index in [1.807, 2.05) is 0 Å². The van der Waals surface area contributed by atoms with Gasteiger partial charge in [-0.3, -0.25) is 4.79 Å². The molecule has 1 N–H and O–H groups in total. The molecule has 0 saturated carbocycles. The summed E-state index contributed by atoms with van der Waals surface area (Å²) in [4.78, 5) is 17.4. The average Bonchev–Trinajstić information content (AvgIpc) is 2.23. The molecule has 0 amide bonds. The molecule has 2 heterocycles. The molecule has 0 aromatic carbocycles. The summed E-state index contributed by atoms with van der Waals surface area (Å²) in [6, 6.07) is 0. The lowest BCUT2D eigenvalue weighted by Crippen LogP contribution is -2.27. The van der Waals surface area contributed by atoms with Crippen molar-refractivity contribution in [1.29, 1.82) is 0 Å². The highest BCUT2D eigenvalue weighted by molar-refractivity contribution is 5.10. The van der Waals surface area contributed by atoms with Crippen molar-refractivity contribution in [3.8, 4) is 5.75 Å². The first-order valence-corrected chi connectivity index (χ1v) is 4.67. The molecule has 1 aliphatic rings. The smallest absolute Gasteiger partial charge is 0.293 e. The summed E-state index contributed by atoms with van der Waals surface area (Å²) >= 11 is 0. The van der Waals surface area contributed by atoms with Gasteiger partial charge in [0.1, 0.15) is 0 Å². The molecule has 76 valence electrons. The second kappa shape index (κ2) is 4.23. The molecule has 0 aliphatic carbocycles. The number of nitrogens with one attached hydrogen (secondary N) is 1. The Morgan fingerprint density at radius 1 is 1.57 bits per heavy atom. The lowest BCUT2D eigenvalue weighted by atomic mass is 10.2. The van der Waals surface area contributed by atoms with E-state index in [1.54, 1.807) is 0 Å². The number of aromatic amines is 1. The summed E-state index contributed by atoms with van der Waals surface area (Å²) in [5, 5.41) is 0. The maximum atomic E-state index is 11.2. The topological polar surface area (TPSA) is 64.2 Å². The molecule has 1 fully saturated rings. The van der Waals surface area contributed by atoms with Crippen LogP contribution in [-0.4, -0.2) is 22.9 Å². The van der Waals surface area contributed by atoms with Crippen molar-refractivity contribution >= 4 is 0 Å². The highest BCUT2D eigenvalue weighted by Crippen LogP contribution is 2.15. The quantitative estimate of drug-likeness (QED) is 0.755. The van der Waals surface area contributed by atoms with Crippen LogP contribution in [0.4, 0.5) is 0 Å². The predicted octanol–water partition coefficient (Wildman–Crippen LogP) is 0.675.